The molecule has 0 N–H and O–H groups in total. The third-order valence-corrected chi connectivity index (χ3v) is 9.63. The first kappa shape index (κ1) is 26.7. The van der Waals surface area contributed by atoms with Crippen molar-refractivity contribution in [3.8, 4) is 0 Å². The normalized spacial score (nSPS) is 13.9. The van der Waals surface area contributed by atoms with E-state index >= 15 is 0 Å². The van der Waals surface area contributed by atoms with Crippen molar-refractivity contribution in [2.45, 2.75) is 59.4 Å². The van der Waals surface area contributed by atoms with Crippen LogP contribution in [-0.2, 0) is 20.4 Å². The molecule has 2 rings (SSSR count). The van der Waals surface area contributed by atoms with Gasteiger partial charge >= 0.3 is 144 Å². The Morgan fingerprint density at radius 1 is 1.00 bits per heavy atom. The molecule has 0 amide bonds. The van der Waals surface area contributed by atoms with E-state index in [4.69, 9.17) is 0 Å². The van der Waals surface area contributed by atoms with E-state index in [1.54, 1.807) is 14.3 Å². The molecule has 132 valence electrons. The molecular weight excluding hydrogens is 411 g/mol. The van der Waals surface area contributed by atoms with Gasteiger partial charge in [-0.3, -0.25) is 0 Å². The summed E-state index contributed by atoms with van der Waals surface area (Å²) in [6.07, 6.45) is 10.1. The Hall–Kier alpha value is 0.501. The third-order valence-electron chi connectivity index (χ3n) is 4.53. The second kappa shape index (κ2) is 12.8. The average Bonchev–Trinajstić information content (AvgIpc) is 2.82. The van der Waals surface area contributed by atoms with Crippen molar-refractivity contribution >= 4 is 14.0 Å². The van der Waals surface area contributed by atoms with Gasteiger partial charge in [0.2, 0.25) is 0 Å². The number of rotatable bonds is 6. The van der Waals surface area contributed by atoms with Crippen LogP contribution in [0.4, 0.5) is 0 Å². The van der Waals surface area contributed by atoms with E-state index in [9.17, 15) is 0 Å². The minimum absolute atomic E-state index is 0. The van der Waals surface area contributed by atoms with E-state index in [-0.39, 0.29) is 37.2 Å². The van der Waals surface area contributed by atoms with Crippen molar-refractivity contribution in [1.29, 1.82) is 0 Å². The molecule has 24 heavy (non-hydrogen) atoms. The molecule has 0 saturated heterocycles. The quantitative estimate of drug-likeness (QED) is 0.311. The number of hydrogen-bond acceptors (Lipinski definition) is 0. The van der Waals surface area contributed by atoms with Crippen LogP contribution in [-0.4, -0.2) is 8.80 Å². The number of unbranched alkanes of at least 4 members (excludes halogenated alkanes) is 2. The topological polar surface area (TPSA) is 0 Å². The largest absolute Gasteiger partial charge is 1.00 e. The van der Waals surface area contributed by atoms with Crippen LogP contribution < -0.4 is 42.4 Å². The van der Waals surface area contributed by atoms with Crippen molar-refractivity contribution in [1.82, 2.24) is 0 Å². The van der Waals surface area contributed by atoms with Gasteiger partial charge in [0.15, 0.2) is 0 Å². The zero-order chi connectivity index (χ0) is 15.4. The number of hydrogen-bond donors (Lipinski definition) is 0. The summed E-state index contributed by atoms with van der Waals surface area (Å²) in [7, 11) is -1.04. The molecule has 5 heteroatoms. The second-order valence-electron chi connectivity index (χ2n) is 6.40. The molecule has 1 aromatic rings. The van der Waals surface area contributed by atoms with Crippen LogP contribution >= 0.6 is 0 Å². The Kier molecular flexibility index (Phi) is 14.2. The Morgan fingerprint density at radius 2 is 1.58 bits per heavy atom. The zero-order valence-corrected chi connectivity index (χ0v) is 20.0. The Morgan fingerprint density at radius 3 is 2.04 bits per heavy atom. The molecule has 0 heterocycles. The fourth-order valence-corrected chi connectivity index (χ4v) is 8.55. The van der Waals surface area contributed by atoms with Gasteiger partial charge in [0.1, 0.15) is 0 Å². The number of allylic oxidation sites excluding steroid dienone is 4. The molecule has 1 aliphatic carbocycles. The maximum Gasteiger partial charge on any atom is -1.00 e. The van der Waals surface area contributed by atoms with Crippen molar-refractivity contribution in [2.75, 3.05) is 0 Å². The summed E-state index contributed by atoms with van der Waals surface area (Å²) in [4.78, 5) is 0. The van der Waals surface area contributed by atoms with Gasteiger partial charge in [-0.05, 0) is 0 Å². The smallest absolute Gasteiger partial charge is 1.00 e. The molecule has 0 aromatic heterocycles. The fraction of sp³-hybridized carbons (Fsp3) is 0.474. The number of aryl methyl sites for hydroxylation is 3. The third kappa shape index (κ3) is 6.67. The van der Waals surface area contributed by atoms with Gasteiger partial charge in [-0.1, -0.05) is 0 Å². The van der Waals surface area contributed by atoms with Gasteiger partial charge in [-0.25, -0.2) is 0 Å². The van der Waals surface area contributed by atoms with Crippen LogP contribution in [0.15, 0.2) is 33.4 Å². The zero-order valence-electron chi connectivity index (χ0n) is 15.1. The van der Waals surface area contributed by atoms with E-state index < -0.39 is 8.80 Å². The predicted octanol–water partition coefficient (Wildman–Crippen LogP) is -4.45. The fourth-order valence-electron chi connectivity index (χ4n) is 3.64. The Balaban J connectivity index is 0. The van der Waals surface area contributed by atoms with Gasteiger partial charge in [-0.2, -0.15) is 0 Å². The van der Waals surface area contributed by atoms with Gasteiger partial charge in [0.25, 0.3) is 0 Å². The first-order valence-electron chi connectivity index (χ1n) is 8.23. The molecule has 1 unspecified atom stereocenters. The van der Waals surface area contributed by atoms with Gasteiger partial charge in [0.05, 0.1) is 0 Å². The summed E-state index contributed by atoms with van der Waals surface area (Å²) in [6, 6.07) is 6.20. The Labute approximate surface area is 180 Å². The van der Waals surface area contributed by atoms with Crippen molar-refractivity contribution < 1.29 is 57.7 Å². The van der Waals surface area contributed by atoms with Crippen molar-refractivity contribution in [3.05, 3.63) is 50.0 Å². The van der Waals surface area contributed by atoms with Crippen LogP contribution in [0, 0.1) is 20.8 Å². The van der Waals surface area contributed by atoms with E-state index in [2.05, 4.69) is 72.4 Å². The molecular formula is C19H27Cl3SiTi. The first-order chi connectivity index (χ1) is 10.0. The van der Waals surface area contributed by atoms with Crippen LogP contribution in [0.3, 0.4) is 0 Å². The van der Waals surface area contributed by atoms with Gasteiger partial charge in [-0.15, -0.1) is 0 Å². The molecule has 1 aliphatic rings. The number of benzene rings is 1. The Bertz CT molecular complexity index is 559. The molecule has 0 spiro atoms. The monoisotopic (exact) mass is 436 g/mol. The van der Waals surface area contributed by atoms with Crippen molar-refractivity contribution in [3.63, 3.8) is 0 Å². The summed E-state index contributed by atoms with van der Waals surface area (Å²) in [5.41, 5.74) is 4.46. The van der Waals surface area contributed by atoms with Gasteiger partial charge in [0, 0.05) is 0 Å². The second-order valence-corrected chi connectivity index (χ2v) is 10.2. The molecule has 0 fully saturated rings. The first-order valence-corrected chi connectivity index (χ1v) is 11.0. The maximum absolute atomic E-state index is 2.44. The van der Waals surface area contributed by atoms with E-state index in [1.165, 1.54) is 48.4 Å². The molecule has 1 atom stereocenters. The summed E-state index contributed by atoms with van der Waals surface area (Å²) in [6.45, 7) is 9.17. The minimum Gasteiger partial charge on any atom is -1.00 e. The minimum atomic E-state index is -1.04. The van der Waals surface area contributed by atoms with E-state index in [1.807, 2.05) is 0 Å². The summed E-state index contributed by atoms with van der Waals surface area (Å²) < 4.78 is 1.63. The van der Waals surface area contributed by atoms with Gasteiger partial charge < -0.3 is 37.2 Å². The van der Waals surface area contributed by atoms with E-state index in [0.717, 1.165) is 0 Å². The predicted molar refractivity (Wildman–Crippen MR) is 92.6 cm³/mol. The number of halogens is 3. The SMILES string of the molecule is CCCCC[SiH](C1=[C]([Ti+3])CC=C1)c1c(C)cc(C)cc1C.[Cl-].[Cl-].[Cl-]. The molecule has 0 nitrogen and oxygen atoms in total. The summed E-state index contributed by atoms with van der Waals surface area (Å²) in [5, 5.41) is 3.44. The average molecular weight is 438 g/mol. The molecule has 0 radical (unpaired) electrons. The van der Waals surface area contributed by atoms with E-state index in [0.29, 0.717) is 0 Å². The van der Waals surface area contributed by atoms with Crippen LogP contribution in [0.1, 0.15) is 49.3 Å². The molecule has 0 bridgehead atoms. The summed E-state index contributed by atoms with van der Waals surface area (Å²) >= 11 is 2.34. The standard InChI is InChI=1S/C19H27Si.3ClH.Ti/c1-5-6-9-12-20(18-10-7-8-11-18)19-16(3)13-15(2)14-17(19)4;;;;/h7,10,13-14,20H,5-6,8-9,12H2,1-4H3;3*1H;/q;;;;+3/p-3. The van der Waals surface area contributed by atoms with Crippen LogP contribution in [0.2, 0.25) is 6.04 Å². The maximum atomic E-state index is 2.44. The van der Waals surface area contributed by atoms with Crippen molar-refractivity contribution in [2.24, 2.45) is 0 Å². The molecule has 1 aromatic carbocycles. The molecule has 0 aliphatic heterocycles. The van der Waals surface area contributed by atoms with Crippen LogP contribution in [0.5, 0.6) is 0 Å². The molecule has 0 saturated carbocycles. The van der Waals surface area contributed by atoms with Crippen LogP contribution in [0.25, 0.3) is 0 Å². The summed E-state index contributed by atoms with van der Waals surface area (Å²) in [5.74, 6) is 0.